The van der Waals surface area contributed by atoms with Crippen LogP contribution in [-0.2, 0) is 4.79 Å². The van der Waals surface area contributed by atoms with E-state index in [4.69, 9.17) is 0 Å². The first-order valence-corrected chi connectivity index (χ1v) is 3.70. The summed E-state index contributed by atoms with van der Waals surface area (Å²) in [5, 5.41) is 3.00. The number of carbonyl (C=O) groups is 1. The zero-order valence-electron chi connectivity index (χ0n) is 7.14. The third-order valence-corrected chi connectivity index (χ3v) is 1.38. The van der Waals surface area contributed by atoms with Crippen molar-refractivity contribution in [2.24, 2.45) is 0 Å². The molecule has 10 heavy (non-hydrogen) atoms. The van der Waals surface area contributed by atoms with Gasteiger partial charge >= 0.3 is 0 Å². The van der Waals surface area contributed by atoms with Crippen LogP contribution >= 0.6 is 0 Å². The van der Waals surface area contributed by atoms with Gasteiger partial charge in [-0.25, -0.2) is 0 Å². The highest BCUT2D eigenvalue weighted by Crippen LogP contribution is 1.96. The maximum absolute atomic E-state index is 10.8. The molecule has 3 heteroatoms. The summed E-state index contributed by atoms with van der Waals surface area (Å²) in [5.41, 5.74) is 0. The van der Waals surface area contributed by atoms with Gasteiger partial charge in [0.1, 0.15) is 0 Å². The van der Waals surface area contributed by atoms with Gasteiger partial charge < -0.3 is 4.90 Å². The van der Waals surface area contributed by atoms with Gasteiger partial charge in [0.05, 0.1) is 12.7 Å². The Labute approximate surface area is 62.4 Å². The minimum Gasteiger partial charge on any atom is -0.332 e. The summed E-state index contributed by atoms with van der Waals surface area (Å²) in [7, 11) is 1.79. The van der Waals surface area contributed by atoms with Crippen molar-refractivity contribution in [3.8, 4) is 0 Å². The molecule has 1 heterocycles. The van der Waals surface area contributed by atoms with Gasteiger partial charge in [0.25, 0.3) is 0 Å². The van der Waals surface area contributed by atoms with Crippen LogP contribution in [0, 0.1) is 0 Å². The maximum atomic E-state index is 10.8. The molecule has 1 saturated heterocycles. The van der Waals surface area contributed by atoms with Gasteiger partial charge in [-0.2, -0.15) is 0 Å². The van der Waals surface area contributed by atoms with E-state index in [0.29, 0.717) is 6.67 Å². The molecule has 0 spiro atoms. The van der Waals surface area contributed by atoms with E-state index in [9.17, 15) is 4.79 Å². The van der Waals surface area contributed by atoms with Crippen molar-refractivity contribution in [3.63, 3.8) is 0 Å². The maximum Gasteiger partial charge on any atom is 0.240 e. The number of hydrogen-bond donors (Lipinski definition) is 1. The zero-order chi connectivity index (χ0) is 8.15. The number of nitrogens with zero attached hydrogens (tertiary/aromatic N) is 1. The molecular formula is C7H16N2O. The quantitative estimate of drug-likeness (QED) is 0.534. The molecule has 0 radical (unpaired) electrons. The van der Waals surface area contributed by atoms with E-state index in [1.165, 1.54) is 0 Å². The van der Waals surface area contributed by atoms with Gasteiger partial charge in [0.15, 0.2) is 0 Å². The van der Waals surface area contributed by atoms with E-state index in [2.05, 4.69) is 5.32 Å². The molecule has 1 aliphatic heterocycles. The lowest BCUT2D eigenvalue weighted by Gasteiger charge is -2.03. The first-order valence-electron chi connectivity index (χ1n) is 3.70. The summed E-state index contributed by atoms with van der Waals surface area (Å²) in [6.07, 6.45) is 0. The van der Waals surface area contributed by atoms with Crippen molar-refractivity contribution in [2.75, 3.05) is 13.7 Å². The molecule has 0 saturated carbocycles. The molecule has 0 aliphatic carbocycles. The topological polar surface area (TPSA) is 32.3 Å². The number of likely N-dealkylation sites (N-methyl/N-ethyl adjacent to an activating group) is 1. The Kier molecular flexibility index (Phi) is 4.03. The fourth-order valence-corrected chi connectivity index (χ4v) is 0.770. The highest BCUT2D eigenvalue weighted by Gasteiger charge is 2.22. The van der Waals surface area contributed by atoms with Crippen molar-refractivity contribution < 1.29 is 4.79 Å². The van der Waals surface area contributed by atoms with Crippen LogP contribution in [0.2, 0.25) is 0 Å². The minimum absolute atomic E-state index is 0.0278. The zero-order valence-corrected chi connectivity index (χ0v) is 7.14. The van der Waals surface area contributed by atoms with Crippen molar-refractivity contribution >= 4 is 5.91 Å². The predicted molar refractivity (Wildman–Crippen MR) is 41.6 cm³/mol. The normalized spacial score (nSPS) is 24.2. The van der Waals surface area contributed by atoms with Crippen LogP contribution in [0.5, 0.6) is 0 Å². The fourth-order valence-electron chi connectivity index (χ4n) is 0.770. The predicted octanol–water partition coefficient (Wildman–Crippen LogP) is 0.420. The van der Waals surface area contributed by atoms with Crippen LogP contribution in [0.1, 0.15) is 20.8 Å². The number of hydrogen-bond acceptors (Lipinski definition) is 2. The molecule has 1 N–H and O–H groups in total. The van der Waals surface area contributed by atoms with Gasteiger partial charge in [-0.15, -0.1) is 0 Å². The van der Waals surface area contributed by atoms with Gasteiger partial charge in [-0.05, 0) is 6.92 Å². The van der Waals surface area contributed by atoms with Gasteiger partial charge in [-0.3, -0.25) is 10.1 Å². The van der Waals surface area contributed by atoms with Gasteiger partial charge in [-0.1, -0.05) is 13.8 Å². The summed E-state index contributed by atoms with van der Waals surface area (Å²) < 4.78 is 0. The molecule has 1 aliphatic rings. The average molecular weight is 144 g/mol. The van der Waals surface area contributed by atoms with Crippen LogP contribution in [0.3, 0.4) is 0 Å². The number of nitrogens with one attached hydrogen (secondary N) is 1. The van der Waals surface area contributed by atoms with Crippen LogP contribution in [-0.4, -0.2) is 30.6 Å². The Morgan fingerprint density at radius 3 is 2.20 bits per heavy atom. The second kappa shape index (κ2) is 4.28. The number of amides is 1. The highest BCUT2D eigenvalue weighted by molar-refractivity contribution is 5.82. The van der Waals surface area contributed by atoms with Crippen LogP contribution in [0.4, 0.5) is 0 Å². The Bertz CT molecular complexity index is 102. The lowest BCUT2D eigenvalue weighted by Crippen LogP contribution is -2.24. The Morgan fingerprint density at radius 2 is 2.10 bits per heavy atom. The van der Waals surface area contributed by atoms with E-state index < -0.39 is 0 Å². The summed E-state index contributed by atoms with van der Waals surface area (Å²) in [4.78, 5) is 12.4. The van der Waals surface area contributed by atoms with Crippen molar-refractivity contribution in [3.05, 3.63) is 0 Å². The van der Waals surface area contributed by atoms with E-state index >= 15 is 0 Å². The molecule has 0 aromatic heterocycles. The van der Waals surface area contributed by atoms with Gasteiger partial charge in [0, 0.05) is 7.05 Å². The second-order valence-electron chi connectivity index (χ2n) is 2.12. The molecule has 1 atom stereocenters. The summed E-state index contributed by atoms with van der Waals surface area (Å²) in [5.74, 6) is 0.185. The molecule has 60 valence electrons. The Balaban J connectivity index is 0.000000371. The number of rotatable bonds is 0. The van der Waals surface area contributed by atoms with Crippen molar-refractivity contribution in [1.29, 1.82) is 0 Å². The standard InChI is InChI=1S/C5H10N2O.C2H6/c1-4-5(8)7(2)3-6-4;1-2/h4,6H,3H2,1-2H3;1-2H3. The summed E-state index contributed by atoms with van der Waals surface area (Å²) in [6.45, 7) is 6.56. The van der Waals surface area contributed by atoms with Crippen molar-refractivity contribution in [1.82, 2.24) is 10.2 Å². The molecule has 1 rings (SSSR count). The number of carbonyl (C=O) groups excluding carboxylic acids is 1. The third-order valence-electron chi connectivity index (χ3n) is 1.38. The lowest BCUT2D eigenvalue weighted by molar-refractivity contribution is -0.127. The molecule has 3 nitrogen and oxygen atoms in total. The third kappa shape index (κ3) is 1.99. The fraction of sp³-hybridized carbons (Fsp3) is 0.857. The van der Waals surface area contributed by atoms with Crippen molar-refractivity contribution in [2.45, 2.75) is 26.8 Å². The Morgan fingerprint density at radius 1 is 1.60 bits per heavy atom. The van der Waals surface area contributed by atoms with Crippen LogP contribution < -0.4 is 5.32 Å². The lowest BCUT2D eigenvalue weighted by atomic mass is 10.3. The Hall–Kier alpha value is -0.570. The molecule has 1 fully saturated rings. The SMILES string of the molecule is CC.CC1NCN(C)C1=O. The van der Waals surface area contributed by atoms with Gasteiger partial charge in [0.2, 0.25) is 5.91 Å². The first-order chi connectivity index (χ1) is 4.72. The molecule has 0 aromatic carbocycles. The summed E-state index contributed by atoms with van der Waals surface area (Å²) >= 11 is 0. The molecule has 1 amide bonds. The van der Waals surface area contributed by atoms with Crippen LogP contribution in [0.25, 0.3) is 0 Å². The monoisotopic (exact) mass is 144 g/mol. The smallest absolute Gasteiger partial charge is 0.240 e. The van der Waals surface area contributed by atoms with Crippen LogP contribution in [0.15, 0.2) is 0 Å². The average Bonchev–Trinajstić information content (AvgIpc) is 2.25. The molecule has 0 bridgehead atoms. The molecule has 1 unspecified atom stereocenters. The first kappa shape index (κ1) is 9.43. The minimum atomic E-state index is 0.0278. The van der Waals surface area contributed by atoms with E-state index in [-0.39, 0.29) is 11.9 Å². The van der Waals surface area contributed by atoms with E-state index in [1.54, 1.807) is 11.9 Å². The molecular weight excluding hydrogens is 128 g/mol. The largest absolute Gasteiger partial charge is 0.332 e. The second-order valence-corrected chi connectivity index (χ2v) is 2.12. The highest BCUT2D eigenvalue weighted by atomic mass is 16.2. The van der Waals surface area contributed by atoms with E-state index in [1.807, 2.05) is 20.8 Å². The van der Waals surface area contributed by atoms with E-state index in [0.717, 1.165) is 0 Å². The molecule has 0 aromatic rings. The summed E-state index contributed by atoms with van der Waals surface area (Å²) in [6, 6.07) is 0.0278.